The first-order chi connectivity index (χ1) is 20.5. The highest BCUT2D eigenvalue weighted by Gasteiger charge is 2.38. The molecule has 13 heteroatoms. The third-order valence-corrected chi connectivity index (χ3v) is 6.83. The lowest BCUT2D eigenvalue weighted by molar-refractivity contribution is -0.137. The van der Waals surface area contributed by atoms with Crippen LogP contribution in [0, 0.1) is 12.7 Å². The van der Waals surface area contributed by atoms with Gasteiger partial charge >= 0.3 is 11.9 Å². The van der Waals surface area contributed by atoms with Gasteiger partial charge in [0.25, 0.3) is 5.56 Å². The predicted octanol–water partition coefficient (Wildman–Crippen LogP) is 5.36. The van der Waals surface area contributed by atoms with Crippen molar-refractivity contribution in [3.63, 3.8) is 0 Å². The van der Waals surface area contributed by atoms with Gasteiger partial charge in [0.05, 0.1) is 36.9 Å². The van der Waals surface area contributed by atoms with E-state index in [9.17, 15) is 27.2 Å². The quantitative estimate of drug-likeness (QED) is 0.232. The number of hydrogen-bond acceptors (Lipinski definition) is 7. The van der Waals surface area contributed by atoms with E-state index in [2.05, 4.69) is 15.0 Å². The number of ether oxygens (including phenoxy) is 2. The van der Waals surface area contributed by atoms with Crippen LogP contribution in [-0.2, 0) is 19.3 Å². The van der Waals surface area contributed by atoms with Crippen LogP contribution in [0.25, 0.3) is 22.3 Å². The highest BCUT2D eigenvalue weighted by molar-refractivity contribution is 5.92. The smallest absolute Gasteiger partial charge is 0.418 e. The van der Waals surface area contributed by atoms with Crippen molar-refractivity contribution in [3.8, 4) is 22.9 Å². The number of benzene rings is 2. The molecule has 0 radical (unpaired) electrons. The molecular formula is C30H25F4N5O4. The summed E-state index contributed by atoms with van der Waals surface area (Å²) >= 11 is 0. The number of H-pyrrole nitrogens is 2. The van der Waals surface area contributed by atoms with Crippen molar-refractivity contribution < 1.29 is 27.0 Å². The average Bonchev–Trinajstić information content (AvgIpc) is 2.97. The van der Waals surface area contributed by atoms with Crippen molar-refractivity contribution in [1.82, 2.24) is 19.9 Å². The van der Waals surface area contributed by atoms with Gasteiger partial charge < -0.3 is 19.4 Å². The first-order valence-electron chi connectivity index (χ1n) is 12.9. The van der Waals surface area contributed by atoms with E-state index in [1.165, 1.54) is 27.2 Å². The maximum absolute atomic E-state index is 14.6. The molecule has 3 heterocycles. The molecule has 0 aliphatic heterocycles. The third-order valence-electron chi connectivity index (χ3n) is 6.83. The molecule has 0 amide bonds. The maximum atomic E-state index is 14.6. The number of aromatic nitrogens is 4. The van der Waals surface area contributed by atoms with Crippen molar-refractivity contribution in [1.29, 1.82) is 0 Å². The number of aromatic amines is 2. The van der Waals surface area contributed by atoms with Crippen LogP contribution >= 0.6 is 0 Å². The van der Waals surface area contributed by atoms with E-state index in [1.807, 2.05) is 29.2 Å². The maximum Gasteiger partial charge on any atom is 0.418 e. The van der Waals surface area contributed by atoms with Crippen LogP contribution in [0.1, 0.15) is 22.3 Å². The summed E-state index contributed by atoms with van der Waals surface area (Å²) in [4.78, 5) is 38.7. The molecule has 3 aromatic heterocycles. The zero-order valence-corrected chi connectivity index (χ0v) is 23.2. The molecule has 43 heavy (non-hydrogen) atoms. The summed E-state index contributed by atoms with van der Waals surface area (Å²) in [6, 6.07) is 15.6. The molecule has 5 aromatic rings. The molecule has 0 spiro atoms. The molecule has 222 valence electrons. The molecule has 0 bridgehead atoms. The molecule has 0 saturated carbocycles. The molecule has 9 nitrogen and oxygen atoms in total. The number of fused-ring (bicyclic) bond motifs is 1. The second kappa shape index (κ2) is 11.6. The van der Waals surface area contributed by atoms with Crippen molar-refractivity contribution in [2.75, 3.05) is 19.1 Å². The zero-order valence-electron chi connectivity index (χ0n) is 23.2. The number of nitrogens with zero attached hydrogens (tertiary/aromatic N) is 3. The van der Waals surface area contributed by atoms with Crippen LogP contribution in [0.5, 0.6) is 11.5 Å². The lowest BCUT2D eigenvalue weighted by Crippen LogP contribution is -2.25. The molecule has 0 aliphatic rings. The van der Waals surface area contributed by atoms with Gasteiger partial charge in [-0.25, -0.2) is 14.2 Å². The van der Waals surface area contributed by atoms with Crippen molar-refractivity contribution >= 4 is 16.7 Å². The van der Waals surface area contributed by atoms with Crippen LogP contribution in [0.4, 0.5) is 23.4 Å². The summed E-state index contributed by atoms with van der Waals surface area (Å²) in [5, 5.41) is -0.564. The summed E-state index contributed by atoms with van der Waals surface area (Å²) in [6.45, 7) is 1.74. The Bertz CT molecular complexity index is 1850. The summed E-state index contributed by atoms with van der Waals surface area (Å²) in [5.41, 5.74) is -3.62. The van der Waals surface area contributed by atoms with Crippen molar-refractivity contribution in [2.45, 2.75) is 26.2 Å². The lowest BCUT2D eigenvalue weighted by Gasteiger charge is -2.27. The summed E-state index contributed by atoms with van der Waals surface area (Å²) in [5.74, 6) is 0.332. The Morgan fingerprint density at radius 2 is 1.42 bits per heavy atom. The number of methoxy groups -OCH3 is 2. The minimum absolute atomic E-state index is 0.146. The first-order valence-corrected chi connectivity index (χ1v) is 12.9. The van der Waals surface area contributed by atoms with Crippen LogP contribution in [0.15, 0.2) is 70.4 Å². The molecule has 0 saturated heterocycles. The highest BCUT2D eigenvalue weighted by Crippen LogP contribution is 2.41. The Balaban J connectivity index is 1.73. The minimum atomic E-state index is -4.90. The monoisotopic (exact) mass is 595 g/mol. The molecule has 0 fully saturated rings. The highest BCUT2D eigenvalue weighted by atomic mass is 19.4. The number of nitrogens with one attached hydrogen (secondary N) is 2. The zero-order chi connectivity index (χ0) is 30.9. The van der Waals surface area contributed by atoms with E-state index in [0.717, 1.165) is 11.1 Å². The second-order valence-electron chi connectivity index (χ2n) is 9.68. The van der Waals surface area contributed by atoms with Gasteiger partial charge in [-0.1, -0.05) is 24.3 Å². The van der Waals surface area contributed by atoms with E-state index < -0.39 is 51.1 Å². The number of halogens is 4. The molecular weight excluding hydrogens is 570 g/mol. The summed E-state index contributed by atoms with van der Waals surface area (Å²) < 4.78 is 68.5. The molecule has 0 aliphatic carbocycles. The van der Waals surface area contributed by atoms with E-state index in [-0.39, 0.29) is 24.5 Å². The standard InChI is InChI=1S/C30H25F4N5O4/c1-16-12-22(39(14-17-4-8-19(42-2)9-5-17)15-18-6-10-20(43-3)11-7-18)36-27(24(16)30(32,33)34)26-23-25(21(31)13-35-26)37-29(41)38-28(23)40/h4-13H,14-15H2,1-3H3,(H2,37,38,40,41). The van der Waals surface area contributed by atoms with Gasteiger partial charge in [-0.2, -0.15) is 13.2 Å². The Hall–Kier alpha value is -5.20. The number of aryl methyl sites for hydroxylation is 1. The van der Waals surface area contributed by atoms with Gasteiger partial charge in [-0.15, -0.1) is 0 Å². The molecule has 0 atom stereocenters. The fraction of sp³-hybridized carbons (Fsp3) is 0.200. The van der Waals surface area contributed by atoms with E-state index in [1.54, 1.807) is 29.2 Å². The van der Waals surface area contributed by atoms with E-state index in [0.29, 0.717) is 17.7 Å². The lowest BCUT2D eigenvalue weighted by atomic mass is 10.0. The Labute approximate surface area is 241 Å². The second-order valence-corrected chi connectivity index (χ2v) is 9.68. The van der Waals surface area contributed by atoms with Gasteiger partial charge in [-0.3, -0.25) is 14.8 Å². The predicted molar refractivity (Wildman–Crippen MR) is 152 cm³/mol. The first kappa shape index (κ1) is 29.3. The summed E-state index contributed by atoms with van der Waals surface area (Å²) in [6.07, 6.45) is -4.26. The molecule has 2 N–H and O–H groups in total. The molecule has 5 rings (SSSR count). The van der Waals surface area contributed by atoms with Gasteiger partial charge in [0.15, 0.2) is 5.82 Å². The molecule has 0 unspecified atom stereocenters. The third kappa shape index (κ3) is 6.05. The minimum Gasteiger partial charge on any atom is -0.497 e. The largest absolute Gasteiger partial charge is 0.497 e. The van der Waals surface area contributed by atoms with Gasteiger partial charge in [0.2, 0.25) is 0 Å². The fourth-order valence-electron chi connectivity index (χ4n) is 4.79. The van der Waals surface area contributed by atoms with Crippen molar-refractivity contribution in [3.05, 3.63) is 110 Å². The number of alkyl halides is 3. The summed E-state index contributed by atoms with van der Waals surface area (Å²) in [7, 11) is 3.07. The fourth-order valence-corrected chi connectivity index (χ4v) is 4.79. The SMILES string of the molecule is COc1ccc(CN(Cc2ccc(OC)cc2)c2cc(C)c(C(F)(F)F)c(-c3ncc(F)c4[nH]c(=O)[nH]c(=O)c34)n2)cc1. The van der Waals surface area contributed by atoms with Crippen LogP contribution in [-0.4, -0.2) is 34.2 Å². The van der Waals surface area contributed by atoms with Gasteiger partial charge in [0.1, 0.15) is 28.7 Å². The van der Waals surface area contributed by atoms with Crippen LogP contribution in [0.3, 0.4) is 0 Å². The normalized spacial score (nSPS) is 11.5. The Kier molecular flexibility index (Phi) is 7.89. The van der Waals surface area contributed by atoms with E-state index >= 15 is 0 Å². The Morgan fingerprint density at radius 3 is 1.93 bits per heavy atom. The average molecular weight is 596 g/mol. The topological polar surface area (TPSA) is 113 Å². The van der Waals surface area contributed by atoms with Crippen LogP contribution in [0.2, 0.25) is 0 Å². The van der Waals surface area contributed by atoms with Gasteiger partial charge in [-0.05, 0) is 53.9 Å². The molecule has 2 aromatic carbocycles. The van der Waals surface area contributed by atoms with E-state index in [4.69, 9.17) is 9.47 Å². The number of anilines is 1. The Morgan fingerprint density at radius 1 is 0.860 bits per heavy atom. The van der Waals surface area contributed by atoms with Crippen LogP contribution < -0.4 is 25.6 Å². The number of pyridine rings is 2. The number of rotatable bonds is 8. The van der Waals surface area contributed by atoms with Gasteiger partial charge in [0, 0.05) is 13.1 Å². The number of hydrogen-bond donors (Lipinski definition) is 2. The van der Waals surface area contributed by atoms with Crippen molar-refractivity contribution in [2.24, 2.45) is 0 Å².